The quantitative estimate of drug-likeness (QED) is 0.628. The van der Waals surface area contributed by atoms with Crippen LogP contribution in [0.4, 0.5) is 0 Å². The first kappa shape index (κ1) is 14.4. The molecule has 2 aromatic carbocycles. The fraction of sp³-hybridized carbons (Fsp3) is 0.0667. The van der Waals surface area contributed by atoms with Crippen molar-refractivity contribution in [3.8, 4) is 11.5 Å². The van der Waals surface area contributed by atoms with E-state index in [4.69, 9.17) is 0 Å². The molecule has 2 amide bonds. The topological polar surface area (TPSA) is 98.7 Å². The number of amides is 2. The predicted molar refractivity (Wildman–Crippen MR) is 75.9 cm³/mol. The van der Waals surface area contributed by atoms with Crippen molar-refractivity contribution >= 4 is 11.8 Å². The molecule has 2 rings (SSSR count). The van der Waals surface area contributed by atoms with Gasteiger partial charge in [0.05, 0.1) is 5.56 Å². The summed E-state index contributed by atoms with van der Waals surface area (Å²) < 4.78 is 0. The molecule has 0 fully saturated rings. The van der Waals surface area contributed by atoms with E-state index in [9.17, 15) is 19.8 Å². The van der Waals surface area contributed by atoms with Crippen LogP contribution < -0.4 is 10.9 Å². The molecule has 0 radical (unpaired) electrons. The van der Waals surface area contributed by atoms with Gasteiger partial charge >= 0.3 is 0 Å². The number of benzene rings is 2. The standard InChI is InChI=1S/C15H14N2O4/c1-9-5-6-13(19)12(7-9)15(21)17-16-14(20)10-3-2-4-11(18)8-10/h2-8,18-19H,1H3,(H,16,20)(H,17,21). The lowest BCUT2D eigenvalue weighted by Crippen LogP contribution is -2.41. The van der Waals surface area contributed by atoms with E-state index >= 15 is 0 Å². The van der Waals surface area contributed by atoms with E-state index in [1.54, 1.807) is 13.0 Å². The van der Waals surface area contributed by atoms with Crippen LogP contribution in [0.5, 0.6) is 11.5 Å². The molecule has 0 aliphatic carbocycles. The van der Waals surface area contributed by atoms with Gasteiger partial charge in [-0.2, -0.15) is 0 Å². The van der Waals surface area contributed by atoms with Crippen molar-refractivity contribution in [3.05, 3.63) is 59.2 Å². The summed E-state index contributed by atoms with van der Waals surface area (Å²) in [4.78, 5) is 23.7. The summed E-state index contributed by atoms with van der Waals surface area (Å²) in [6.45, 7) is 1.78. The number of carbonyl (C=O) groups is 2. The monoisotopic (exact) mass is 286 g/mol. The highest BCUT2D eigenvalue weighted by atomic mass is 16.3. The number of hydrogen-bond acceptors (Lipinski definition) is 4. The third kappa shape index (κ3) is 3.50. The third-order valence-corrected chi connectivity index (χ3v) is 2.79. The molecule has 4 N–H and O–H groups in total. The molecule has 0 aliphatic heterocycles. The van der Waals surface area contributed by atoms with Gasteiger partial charge in [0.2, 0.25) is 0 Å². The van der Waals surface area contributed by atoms with Crippen molar-refractivity contribution in [1.29, 1.82) is 0 Å². The summed E-state index contributed by atoms with van der Waals surface area (Å²) in [5.74, 6) is -1.44. The van der Waals surface area contributed by atoms with E-state index < -0.39 is 11.8 Å². The highest BCUT2D eigenvalue weighted by Crippen LogP contribution is 2.17. The maximum absolute atomic E-state index is 11.9. The van der Waals surface area contributed by atoms with Gasteiger partial charge in [-0.3, -0.25) is 20.4 Å². The number of hydrogen-bond donors (Lipinski definition) is 4. The number of phenols is 2. The lowest BCUT2D eigenvalue weighted by molar-refractivity contribution is 0.0845. The second-order valence-electron chi connectivity index (χ2n) is 4.48. The summed E-state index contributed by atoms with van der Waals surface area (Å²) in [7, 11) is 0. The normalized spacial score (nSPS) is 9.95. The first-order valence-electron chi connectivity index (χ1n) is 6.16. The summed E-state index contributed by atoms with van der Waals surface area (Å²) in [6, 6.07) is 10.3. The maximum Gasteiger partial charge on any atom is 0.273 e. The zero-order chi connectivity index (χ0) is 15.4. The zero-order valence-corrected chi connectivity index (χ0v) is 11.3. The van der Waals surface area contributed by atoms with Gasteiger partial charge < -0.3 is 10.2 Å². The Morgan fingerprint density at radius 3 is 2.38 bits per heavy atom. The number of phenolic OH excluding ortho intramolecular Hbond substituents is 2. The highest BCUT2D eigenvalue weighted by molar-refractivity contribution is 6.00. The molecule has 0 heterocycles. The minimum absolute atomic E-state index is 0.0506. The number of aromatic hydroxyl groups is 2. The number of nitrogens with one attached hydrogen (secondary N) is 2. The van der Waals surface area contributed by atoms with Gasteiger partial charge in [-0.15, -0.1) is 0 Å². The molecule has 0 saturated heterocycles. The van der Waals surface area contributed by atoms with Crippen LogP contribution in [-0.2, 0) is 0 Å². The molecule has 0 atom stereocenters. The molecule has 0 bridgehead atoms. The van der Waals surface area contributed by atoms with Gasteiger partial charge in [-0.25, -0.2) is 0 Å². The second kappa shape index (κ2) is 5.96. The molecule has 0 unspecified atom stereocenters. The van der Waals surface area contributed by atoms with E-state index in [2.05, 4.69) is 10.9 Å². The molecular formula is C15H14N2O4. The van der Waals surface area contributed by atoms with Crippen molar-refractivity contribution < 1.29 is 19.8 Å². The molecule has 0 aliphatic rings. The van der Waals surface area contributed by atoms with Crippen molar-refractivity contribution in [2.75, 3.05) is 0 Å². The largest absolute Gasteiger partial charge is 0.508 e. The summed E-state index contributed by atoms with van der Waals surface area (Å²) in [5.41, 5.74) is 5.48. The smallest absolute Gasteiger partial charge is 0.273 e. The van der Waals surface area contributed by atoms with Crippen LogP contribution in [0.3, 0.4) is 0 Å². The Morgan fingerprint density at radius 1 is 0.952 bits per heavy atom. The molecule has 6 nitrogen and oxygen atoms in total. The van der Waals surface area contributed by atoms with E-state index in [-0.39, 0.29) is 22.6 Å². The molecular weight excluding hydrogens is 272 g/mol. The van der Waals surface area contributed by atoms with Crippen molar-refractivity contribution in [2.45, 2.75) is 6.92 Å². The Balaban J connectivity index is 2.04. The van der Waals surface area contributed by atoms with Crippen LogP contribution in [0.1, 0.15) is 26.3 Å². The van der Waals surface area contributed by atoms with E-state index in [1.807, 2.05) is 0 Å². The van der Waals surface area contributed by atoms with Gasteiger partial charge in [0.1, 0.15) is 11.5 Å². The lowest BCUT2D eigenvalue weighted by Gasteiger charge is -2.09. The van der Waals surface area contributed by atoms with E-state index in [0.29, 0.717) is 0 Å². The SMILES string of the molecule is Cc1ccc(O)c(C(=O)NNC(=O)c2cccc(O)c2)c1. The summed E-state index contributed by atoms with van der Waals surface area (Å²) in [6.07, 6.45) is 0. The Hall–Kier alpha value is -3.02. The van der Waals surface area contributed by atoms with Crippen molar-refractivity contribution in [1.82, 2.24) is 10.9 Å². The zero-order valence-electron chi connectivity index (χ0n) is 11.3. The van der Waals surface area contributed by atoms with Crippen LogP contribution in [0.2, 0.25) is 0 Å². The number of aryl methyl sites for hydroxylation is 1. The molecule has 0 aromatic heterocycles. The molecule has 108 valence electrons. The Labute approximate surface area is 121 Å². The van der Waals surface area contributed by atoms with Crippen molar-refractivity contribution in [2.24, 2.45) is 0 Å². The first-order chi connectivity index (χ1) is 9.97. The average Bonchev–Trinajstić information content (AvgIpc) is 2.47. The Bertz CT molecular complexity index is 698. The highest BCUT2D eigenvalue weighted by Gasteiger charge is 2.13. The number of carbonyl (C=O) groups excluding carboxylic acids is 2. The fourth-order valence-electron chi connectivity index (χ4n) is 1.73. The van der Waals surface area contributed by atoms with Gasteiger partial charge in [0.25, 0.3) is 11.8 Å². The van der Waals surface area contributed by atoms with E-state index in [1.165, 1.54) is 36.4 Å². The van der Waals surface area contributed by atoms with Crippen LogP contribution >= 0.6 is 0 Å². The summed E-state index contributed by atoms with van der Waals surface area (Å²) >= 11 is 0. The van der Waals surface area contributed by atoms with Gasteiger partial charge in [-0.05, 0) is 37.3 Å². The van der Waals surface area contributed by atoms with Gasteiger partial charge in [-0.1, -0.05) is 17.7 Å². The van der Waals surface area contributed by atoms with E-state index in [0.717, 1.165) is 5.56 Å². The van der Waals surface area contributed by atoms with Crippen LogP contribution in [0, 0.1) is 6.92 Å². The second-order valence-corrected chi connectivity index (χ2v) is 4.48. The van der Waals surface area contributed by atoms with Crippen LogP contribution in [0.25, 0.3) is 0 Å². The number of rotatable bonds is 2. The molecule has 0 spiro atoms. The Kier molecular flexibility index (Phi) is 4.08. The Morgan fingerprint density at radius 2 is 1.67 bits per heavy atom. The average molecular weight is 286 g/mol. The lowest BCUT2D eigenvalue weighted by atomic mass is 10.1. The van der Waals surface area contributed by atoms with Crippen LogP contribution in [0.15, 0.2) is 42.5 Å². The molecule has 0 saturated carbocycles. The minimum atomic E-state index is -0.635. The first-order valence-corrected chi connectivity index (χ1v) is 6.16. The fourth-order valence-corrected chi connectivity index (χ4v) is 1.73. The predicted octanol–water partition coefficient (Wildman–Crippen LogP) is 1.48. The molecule has 21 heavy (non-hydrogen) atoms. The van der Waals surface area contributed by atoms with Gasteiger partial charge in [0, 0.05) is 5.56 Å². The number of hydrazine groups is 1. The molecule has 2 aromatic rings. The van der Waals surface area contributed by atoms with Crippen molar-refractivity contribution in [3.63, 3.8) is 0 Å². The van der Waals surface area contributed by atoms with Gasteiger partial charge in [0.15, 0.2) is 0 Å². The summed E-state index contributed by atoms with van der Waals surface area (Å²) in [5, 5.41) is 18.9. The van der Waals surface area contributed by atoms with Crippen LogP contribution in [-0.4, -0.2) is 22.0 Å². The third-order valence-electron chi connectivity index (χ3n) is 2.79. The minimum Gasteiger partial charge on any atom is -0.508 e. The maximum atomic E-state index is 11.9. The molecule has 6 heteroatoms.